The summed E-state index contributed by atoms with van der Waals surface area (Å²) in [7, 11) is 0. The van der Waals surface area contributed by atoms with E-state index in [1.807, 2.05) is 12.1 Å². The van der Waals surface area contributed by atoms with E-state index in [1.165, 1.54) is 66.1 Å². The molecule has 1 heteroatoms. The van der Waals surface area contributed by atoms with Crippen LogP contribution in [0.2, 0.25) is 0 Å². The third kappa shape index (κ3) is 3.68. The van der Waals surface area contributed by atoms with Crippen molar-refractivity contribution in [3.63, 3.8) is 0 Å². The van der Waals surface area contributed by atoms with Crippen molar-refractivity contribution in [3.8, 4) is 55.6 Å². The third-order valence-electron chi connectivity index (χ3n) is 9.59. The first kappa shape index (κ1) is 24.5. The van der Waals surface area contributed by atoms with E-state index in [2.05, 4.69) is 146 Å². The highest BCUT2D eigenvalue weighted by Gasteiger charge is 2.21. The topological polar surface area (TPSA) is 13.1 Å². The van der Waals surface area contributed by atoms with Crippen molar-refractivity contribution >= 4 is 43.5 Å². The molecular weight excluding hydrogens is 544 g/mol. The van der Waals surface area contributed by atoms with E-state index in [0.29, 0.717) is 0 Å². The number of fused-ring (bicyclic) bond motifs is 7. The van der Waals surface area contributed by atoms with E-state index in [-0.39, 0.29) is 0 Å². The van der Waals surface area contributed by atoms with Gasteiger partial charge in [-0.25, -0.2) is 0 Å². The highest BCUT2D eigenvalue weighted by atomic mass is 16.3. The Hall–Kier alpha value is -5.92. The zero-order valence-corrected chi connectivity index (χ0v) is 24.4. The molecule has 0 aliphatic heterocycles. The Balaban J connectivity index is 1.00. The van der Waals surface area contributed by atoms with Crippen LogP contribution in [-0.4, -0.2) is 0 Å². The van der Waals surface area contributed by atoms with Crippen LogP contribution < -0.4 is 0 Å². The van der Waals surface area contributed by atoms with Gasteiger partial charge < -0.3 is 4.42 Å². The summed E-state index contributed by atoms with van der Waals surface area (Å²) in [6.45, 7) is 0. The Morgan fingerprint density at radius 1 is 0.311 bits per heavy atom. The molecule has 208 valence electrons. The maximum atomic E-state index is 6.29. The quantitative estimate of drug-likeness (QED) is 0.206. The van der Waals surface area contributed by atoms with Gasteiger partial charge in [0.2, 0.25) is 0 Å². The molecule has 8 aromatic carbocycles. The smallest absolute Gasteiger partial charge is 0.143 e. The summed E-state index contributed by atoms with van der Waals surface area (Å²) >= 11 is 0. The molecular formula is C44H26O. The van der Waals surface area contributed by atoms with E-state index in [4.69, 9.17) is 4.42 Å². The van der Waals surface area contributed by atoms with Gasteiger partial charge in [-0.3, -0.25) is 0 Å². The second kappa shape index (κ2) is 9.29. The number of benzene rings is 8. The van der Waals surface area contributed by atoms with Gasteiger partial charge in [-0.05, 0) is 102 Å². The second-order valence-electron chi connectivity index (χ2n) is 12.1. The number of rotatable bonds is 3. The number of para-hydroxylation sites is 2. The average molecular weight is 571 g/mol. The summed E-state index contributed by atoms with van der Waals surface area (Å²) in [5, 5.41) is 7.47. The van der Waals surface area contributed by atoms with E-state index >= 15 is 0 Å². The molecule has 0 atom stereocenters. The molecule has 0 fully saturated rings. The van der Waals surface area contributed by atoms with Crippen LogP contribution in [0.25, 0.3) is 99.1 Å². The first-order chi connectivity index (χ1) is 22.3. The summed E-state index contributed by atoms with van der Waals surface area (Å²) in [6, 6.07) is 57.3. The lowest BCUT2D eigenvalue weighted by Gasteiger charge is -2.10. The van der Waals surface area contributed by atoms with Crippen molar-refractivity contribution in [2.24, 2.45) is 0 Å². The molecule has 1 nitrogen and oxygen atoms in total. The van der Waals surface area contributed by atoms with Crippen molar-refractivity contribution in [3.05, 3.63) is 158 Å². The van der Waals surface area contributed by atoms with Gasteiger partial charge >= 0.3 is 0 Å². The van der Waals surface area contributed by atoms with Crippen LogP contribution in [0.3, 0.4) is 0 Å². The normalized spacial score (nSPS) is 12.0. The molecule has 0 saturated carbocycles. The zero-order chi connectivity index (χ0) is 29.5. The van der Waals surface area contributed by atoms with Gasteiger partial charge in [-0.1, -0.05) is 127 Å². The van der Waals surface area contributed by atoms with Crippen LogP contribution in [0.15, 0.2) is 162 Å². The lowest BCUT2D eigenvalue weighted by atomic mass is 9.93. The van der Waals surface area contributed by atoms with Gasteiger partial charge in [0.05, 0.1) is 0 Å². The molecule has 0 N–H and O–H groups in total. The summed E-state index contributed by atoms with van der Waals surface area (Å²) in [4.78, 5) is 0. The van der Waals surface area contributed by atoms with Crippen molar-refractivity contribution in [1.82, 2.24) is 0 Å². The van der Waals surface area contributed by atoms with Gasteiger partial charge in [0, 0.05) is 16.3 Å². The summed E-state index contributed by atoms with van der Waals surface area (Å²) in [5.41, 5.74) is 14.4. The van der Waals surface area contributed by atoms with Gasteiger partial charge in [0.15, 0.2) is 0 Å². The van der Waals surface area contributed by atoms with Crippen LogP contribution in [0, 0.1) is 0 Å². The van der Waals surface area contributed by atoms with E-state index < -0.39 is 0 Å². The number of hydrogen-bond donors (Lipinski definition) is 0. The summed E-state index contributed by atoms with van der Waals surface area (Å²) in [6.07, 6.45) is 0. The predicted molar refractivity (Wildman–Crippen MR) is 189 cm³/mol. The Bertz CT molecular complexity index is 2640. The van der Waals surface area contributed by atoms with Crippen LogP contribution in [-0.2, 0) is 0 Å². The third-order valence-corrected chi connectivity index (χ3v) is 9.59. The van der Waals surface area contributed by atoms with Crippen LogP contribution in [0.5, 0.6) is 0 Å². The fourth-order valence-electron chi connectivity index (χ4n) is 7.41. The minimum Gasteiger partial charge on any atom is -0.455 e. The molecule has 9 aromatic rings. The van der Waals surface area contributed by atoms with E-state index in [0.717, 1.165) is 33.1 Å². The molecule has 10 rings (SSSR count). The summed E-state index contributed by atoms with van der Waals surface area (Å²) < 4.78 is 6.29. The lowest BCUT2D eigenvalue weighted by Crippen LogP contribution is -1.84. The maximum Gasteiger partial charge on any atom is 0.143 e. The minimum absolute atomic E-state index is 0.926. The predicted octanol–water partition coefficient (Wildman–Crippen LogP) is 12.5. The van der Waals surface area contributed by atoms with Gasteiger partial charge in [0.1, 0.15) is 11.2 Å². The fourth-order valence-corrected chi connectivity index (χ4v) is 7.41. The highest BCUT2D eigenvalue weighted by molar-refractivity contribution is 6.16. The Morgan fingerprint density at radius 2 is 0.889 bits per heavy atom. The van der Waals surface area contributed by atoms with Crippen molar-refractivity contribution < 1.29 is 4.42 Å². The summed E-state index contributed by atoms with van der Waals surface area (Å²) in [5.74, 6) is 0. The monoisotopic (exact) mass is 570 g/mol. The molecule has 1 aliphatic carbocycles. The molecule has 1 aliphatic rings. The molecule has 1 aromatic heterocycles. The minimum atomic E-state index is 0.926. The van der Waals surface area contributed by atoms with E-state index in [9.17, 15) is 0 Å². The average Bonchev–Trinajstić information content (AvgIpc) is 3.65. The molecule has 0 amide bonds. The molecule has 0 bridgehead atoms. The first-order valence-electron chi connectivity index (χ1n) is 15.5. The second-order valence-corrected chi connectivity index (χ2v) is 12.1. The molecule has 0 spiro atoms. The van der Waals surface area contributed by atoms with Gasteiger partial charge in [0.25, 0.3) is 0 Å². The van der Waals surface area contributed by atoms with Gasteiger partial charge in [-0.2, -0.15) is 0 Å². The van der Waals surface area contributed by atoms with Crippen molar-refractivity contribution in [2.45, 2.75) is 0 Å². The Morgan fingerprint density at radius 3 is 1.71 bits per heavy atom. The molecule has 0 unspecified atom stereocenters. The van der Waals surface area contributed by atoms with Crippen molar-refractivity contribution in [2.75, 3.05) is 0 Å². The standard InChI is InChI=1S/C44H26O/c1-2-9-37-36(8-1)39-12-5-7-33-25-34(26-41(37)43(33)39)32-22-21-30-23-29(19-20-31(30)24-32)27-15-17-28(18-16-27)35-11-6-13-40-38-10-3-4-14-42(38)45-44(35)40/h1-26H. The highest BCUT2D eigenvalue weighted by Crippen LogP contribution is 2.48. The van der Waals surface area contributed by atoms with Crippen LogP contribution in [0.1, 0.15) is 0 Å². The molecule has 0 saturated heterocycles. The number of hydrogen-bond acceptors (Lipinski definition) is 1. The Labute approximate surface area is 260 Å². The van der Waals surface area contributed by atoms with E-state index in [1.54, 1.807) is 0 Å². The van der Waals surface area contributed by atoms with Gasteiger partial charge in [-0.15, -0.1) is 0 Å². The number of furan rings is 1. The SMILES string of the molecule is c1ccc2c(c1)-c1cccc3cc(-c4ccc5cc(-c6ccc(-c7cccc8c7oc7ccccc78)cc6)ccc5c4)cc-2c13. The Kier molecular flexibility index (Phi) is 5.06. The fraction of sp³-hybridized carbons (Fsp3) is 0. The van der Waals surface area contributed by atoms with Crippen LogP contribution in [0.4, 0.5) is 0 Å². The zero-order valence-electron chi connectivity index (χ0n) is 24.4. The van der Waals surface area contributed by atoms with Crippen LogP contribution >= 0.6 is 0 Å². The lowest BCUT2D eigenvalue weighted by molar-refractivity contribution is 0.670. The molecule has 0 radical (unpaired) electrons. The first-order valence-corrected chi connectivity index (χ1v) is 15.5. The maximum absolute atomic E-state index is 6.29. The van der Waals surface area contributed by atoms with Crippen molar-refractivity contribution in [1.29, 1.82) is 0 Å². The molecule has 1 heterocycles. The largest absolute Gasteiger partial charge is 0.455 e. The molecule has 45 heavy (non-hydrogen) atoms.